The van der Waals surface area contributed by atoms with Crippen LogP contribution in [0.5, 0.6) is 0 Å². The SMILES string of the molecule is C=C(C(=O)OC)[C@H](F)c1ccc(Br)cc1. The van der Waals surface area contributed by atoms with E-state index in [1.165, 1.54) is 7.11 Å². The first-order valence-electron chi connectivity index (χ1n) is 4.23. The molecule has 0 aromatic heterocycles. The van der Waals surface area contributed by atoms with Crippen molar-refractivity contribution in [2.45, 2.75) is 6.17 Å². The zero-order valence-electron chi connectivity index (χ0n) is 8.17. The average Bonchev–Trinajstić information content (AvgIpc) is 2.27. The molecule has 0 N–H and O–H groups in total. The van der Waals surface area contributed by atoms with Crippen LogP contribution in [0.1, 0.15) is 11.7 Å². The fraction of sp³-hybridized carbons (Fsp3) is 0.182. The van der Waals surface area contributed by atoms with Crippen LogP contribution in [0.25, 0.3) is 0 Å². The quantitative estimate of drug-likeness (QED) is 0.624. The molecule has 0 fully saturated rings. The predicted molar refractivity (Wildman–Crippen MR) is 59.1 cm³/mol. The largest absolute Gasteiger partial charge is 0.466 e. The number of carbonyl (C=O) groups excluding carboxylic acids is 1. The van der Waals surface area contributed by atoms with Crippen LogP contribution >= 0.6 is 15.9 Å². The normalized spacial score (nSPS) is 11.9. The molecule has 0 saturated carbocycles. The van der Waals surface area contributed by atoms with Crippen molar-refractivity contribution in [1.29, 1.82) is 0 Å². The average molecular weight is 273 g/mol. The van der Waals surface area contributed by atoms with Gasteiger partial charge < -0.3 is 4.74 Å². The molecule has 0 aliphatic rings. The Morgan fingerprint density at radius 3 is 2.47 bits per heavy atom. The number of benzene rings is 1. The van der Waals surface area contributed by atoms with Crippen molar-refractivity contribution < 1.29 is 13.9 Å². The summed E-state index contributed by atoms with van der Waals surface area (Å²) in [5.41, 5.74) is 0.188. The van der Waals surface area contributed by atoms with Crippen LogP contribution in [-0.2, 0) is 9.53 Å². The molecule has 15 heavy (non-hydrogen) atoms. The Kier molecular flexibility index (Phi) is 4.03. The first-order valence-corrected chi connectivity index (χ1v) is 5.02. The molecule has 80 valence electrons. The second-order valence-electron chi connectivity index (χ2n) is 2.93. The number of halogens is 2. The van der Waals surface area contributed by atoms with Crippen molar-refractivity contribution in [3.63, 3.8) is 0 Å². The van der Waals surface area contributed by atoms with E-state index in [9.17, 15) is 9.18 Å². The van der Waals surface area contributed by atoms with E-state index in [4.69, 9.17) is 0 Å². The third kappa shape index (κ3) is 2.89. The molecular weight excluding hydrogens is 263 g/mol. The van der Waals surface area contributed by atoms with E-state index in [1.807, 2.05) is 0 Å². The zero-order chi connectivity index (χ0) is 11.4. The highest BCUT2D eigenvalue weighted by molar-refractivity contribution is 9.10. The maximum atomic E-state index is 13.7. The minimum absolute atomic E-state index is 0.195. The molecule has 1 rings (SSSR count). The Morgan fingerprint density at radius 2 is 2.00 bits per heavy atom. The summed E-state index contributed by atoms with van der Waals surface area (Å²) < 4.78 is 18.9. The van der Waals surface area contributed by atoms with E-state index in [-0.39, 0.29) is 5.57 Å². The Hall–Kier alpha value is -1.16. The number of methoxy groups -OCH3 is 1. The smallest absolute Gasteiger partial charge is 0.336 e. The molecule has 0 bridgehead atoms. The highest BCUT2D eigenvalue weighted by Crippen LogP contribution is 2.26. The Labute approximate surface area is 95.9 Å². The van der Waals surface area contributed by atoms with Gasteiger partial charge in [-0.25, -0.2) is 9.18 Å². The number of ether oxygens (including phenoxy) is 1. The number of hydrogen-bond donors (Lipinski definition) is 0. The minimum Gasteiger partial charge on any atom is -0.466 e. The molecule has 1 aromatic carbocycles. The lowest BCUT2D eigenvalue weighted by molar-refractivity contribution is -0.136. The van der Waals surface area contributed by atoms with Crippen LogP contribution in [0.3, 0.4) is 0 Å². The van der Waals surface area contributed by atoms with Gasteiger partial charge in [0.25, 0.3) is 0 Å². The molecule has 0 aliphatic carbocycles. The third-order valence-electron chi connectivity index (χ3n) is 1.92. The van der Waals surface area contributed by atoms with Gasteiger partial charge in [-0.3, -0.25) is 0 Å². The number of hydrogen-bond acceptors (Lipinski definition) is 2. The van der Waals surface area contributed by atoms with Gasteiger partial charge in [0, 0.05) is 4.47 Å². The molecule has 0 radical (unpaired) electrons. The van der Waals surface area contributed by atoms with Gasteiger partial charge in [0.15, 0.2) is 6.17 Å². The summed E-state index contributed by atoms with van der Waals surface area (Å²) in [4.78, 5) is 11.0. The minimum atomic E-state index is -1.52. The fourth-order valence-corrected chi connectivity index (χ4v) is 1.33. The van der Waals surface area contributed by atoms with Gasteiger partial charge in [0.1, 0.15) is 0 Å². The summed E-state index contributed by atoms with van der Waals surface area (Å²) in [5.74, 6) is -0.731. The summed E-state index contributed by atoms with van der Waals surface area (Å²) in [6, 6.07) is 6.57. The molecule has 0 aliphatic heterocycles. The topological polar surface area (TPSA) is 26.3 Å². The fourth-order valence-electron chi connectivity index (χ4n) is 1.07. The number of alkyl halides is 1. The molecule has 4 heteroatoms. The standard InChI is InChI=1S/C11H10BrFO2/c1-7(11(14)15-2)10(13)8-3-5-9(12)6-4-8/h3-6,10H,1H2,2H3/t10-/m0/s1. The molecule has 2 nitrogen and oxygen atoms in total. The van der Waals surface area contributed by atoms with Crippen LogP contribution < -0.4 is 0 Å². The number of rotatable bonds is 3. The van der Waals surface area contributed by atoms with E-state index in [0.717, 1.165) is 4.47 Å². The molecule has 0 spiro atoms. The van der Waals surface area contributed by atoms with Crippen molar-refractivity contribution in [3.05, 3.63) is 46.5 Å². The monoisotopic (exact) mass is 272 g/mol. The lowest BCUT2D eigenvalue weighted by Crippen LogP contribution is -2.09. The second-order valence-corrected chi connectivity index (χ2v) is 3.85. The Balaban J connectivity index is 2.85. The predicted octanol–water partition coefficient (Wildman–Crippen LogP) is 3.19. The summed E-state index contributed by atoms with van der Waals surface area (Å²) in [6.45, 7) is 3.36. The van der Waals surface area contributed by atoms with Gasteiger partial charge in [-0.05, 0) is 17.7 Å². The van der Waals surface area contributed by atoms with Gasteiger partial charge in [-0.15, -0.1) is 0 Å². The van der Waals surface area contributed by atoms with Crippen LogP contribution in [0, 0.1) is 0 Å². The first-order chi connectivity index (χ1) is 7.06. The van der Waals surface area contributed by atoms with Crippen molar-refractivity contribution in [2.75, 3.05) is 7.11 Å². The highest BCUT2D eigenvalue weighted by Gasteiger charge is 2.20. The van der Waals surface area contributed by atoms with E-state index >= 15 is 0 Å². The summed E-state index contributed by atoms with van der Waals surface area (Å²) in [5, 5.41) is 0. The number of carbonyl (C=O) groups is 1. The van der Waals surface area contributed by atoms with Gasteiger partial charge >= 0.3 is 5.97 Å². The van der Waals surface area contributed by atoms with Gasteiger partial charge in [-0.2, -0.15) is 0 Å². The van der Waals surface area contributed by atoms with Crippen LogP contribution in [0.2, 0.25) is 0 Å². The van der Waals surface area contributed by atoms with Gasteiger partial charge in [-0.1, -0.05) is 34.6 Å². The Bertz CT molecular complexity index is 373. The van der Waals surface area contributed by atoms with Crippen molar-refractivity contribution in [2.24, 2.45) is 0 Å². The van der Waals surface area contributed by atoms with Crippen molar-refractivity contribution in [1.82, 2.24) is 0 Å². The van der Waals surface area contributed by atoms with Crippen LogP contribution in [0.15, 0.2) is 40.9 Å². The summed E-state index contributed by atoms with van der Waals surface area (Å²) in [7, 11) is 1.20. The number of esters is 1. The van der Waals surface area contributed by atoms with Crippen molar-refractivity contribution in [3.8, 4) is 0 Å². The lowest BCUT2D eigenvalue weighted by Gasteiger charge is -2.09. The van der Waals surface area contributed by atoms with Crippen molar-refractivity contribution >= 4 is 21.9 Å². The molecule has 0 amide bonds. The van der Waals surface area contributed by atoms with Crippen LogP contribution in [0.4, 0.5) is 4.39 Å². The van der Waals surface area contributed by atoms with Crippen LogP contribution in [-0.4, -0.2) is 13.1 Å². The molecule has 0 saturated heterocycles. The molecule has 0 unspecified atom stereocenters. The zero-order valence-corrected chi connectivity index (χ0v) is 9.75. The van der Waals surface area contributed by atoms with E-state index in [2.05, 4.69) is 27.2 Å². The molecule has 0 heterocycles. The lowest BCUT2D eigenvalue weighted by atomic mass is 10.0. The van der Waals surface area contributed by atoms with E-state index < -0.39 is 12.1 Å². The van der Waals surface area contributed by atoms with Gasteiger partial charge in [0.2, 0.25) is 0 Å². The van der Waals surface area contributed by atoms with E-state index in [1.54, 1.807) is 24.3 Å². The Morgan fingerprint density at radius 1 is 1.47 bits per heavy atom. The molecular formula is C11H10BrFO2. The summed E-state index contributed by atoms with van der Waals surface area (Å²) >= 11 is 3.24. The maximum Gasteiger partial charge on any atom is 0.336 e. The summed E-state index contributed by atoms with van der Waals surface area (Å²) in [6.07, 6.45) is -1.52. The van der Waals surface area contributed by atoms with Gasteiger partial charge in [0.05, 0.1) is 12.7 Å². The first kappa shape index (κ1) is 11.9. The molecule has 1 aromatic rings. The second kappa shape index (κ2) is 5.07. The maximum absolute atomic E-state index is 13.7. The van der Waals surface area contributed by atoms with E-state index in [0.29, 0.717) is 5.56 Å². The highest BCUT2D eigenvalue weighted by atomic mass is 79.9. The molecule has 1 atom stereocenters. The third-order valence-corrected chi connectivity index (χ3v) is 2.44.